The van der Waals surface area contributed by atoms with Gasteiger partial charge in [0.25, 0.3) is 0 Å². The summed E-state index contributed by atoms with van der Waals surface area (Å²) >= 11 is 0. The molecule has 1 amide bonds. The second-order valence-corrected chi connectivity index (χ2v) is 6.26. The minimum atomic E-state index is -0.909. The van der Waals surface area contributed by atoms with E-state index in [1.165, 1.54) is 0 Å². The third-order valence-electron chi connectivity index (χ3n) is 3.51. The molecular formula is C18H29ClN2O3. The number of rotatable bonds is 10. The largest absolute Gasteiger partial charge is 0.480 e. The van der Waals surface area contributed by atoms with Gasteiger partial charge < -0.3 is 10.4 Å². The number of halogens is 1. The molecule has 0 bridgehead atoms. The topological polar surface area (TPSA) is 69.6 Å². The number of carboxylic acids is 1. The first-order valence-electron chi connectivity index (χ1n) is 8.20. The van der Waals surface area contributed by atoms with Gasteiger partial charge in [0, 0.05) is 0 Å². The average molecular weight is 357 g/mol. The standard InChI is InChI=1S/C18H28N2O3.ClH/c1-4-10-20(13-18(22)23)12-17(21)19-16(11-14(2)3)15-8-6-5-7-9-15;/h5-9,14,16H,4,10-13H2,1-3H3,(H,19,21)(H,22,23);1H. The number of aliphatic carboxylic acids is 1. The highest BCUT2D eigenvalue weighted by Gasteiger charge is 2.18. The van der Waals surface area contributed by atoms with Gasteiger partial charge in [0.2, 0.25) is 5.91 Å². The zero-order valence-electron chi connectivity index (χ0n) is 14.7. The van der Waals surface area contributed by atoms with Crippen LogP contribution in [0.4, 0.5) is 0 Å². The van der Waals surface area contributed by atoms with Crippen LogP contribution in [-0.4, -0.2) is 41.5 Å². The molecule has 136 valence electrons. The van der Waals surface area contributed by atoms with Crippen molar-refractivity contribution < 1.29 is 14.7 Å². The van der Waals surface area contributed by atoms with Gasteiger partial charge in [-0.1, -0.05) is 51.1 Å². The summed E-state index contributed by atoms with van der Waals surface area (Å²) < 4.78 is 0. The third kappa shape index (κ3) is 8.89. The van der Waals surface area contributed by atoms with Crippen LogP contribution in [0.3, 0.4) is 0 Å². The number of nitrogens with one attached hydrogen (secondary N) is 1. The Morgan fingerprint density at radius 3 is 2.29 bits per heavy atom. The average Bonchev–Trinajstić information content (AvgIpc) is 2.46. The number of benzene rings is 1. The third-order valence-corrected chi connectivity index (χ3v) is 3.51. The maximum absolute atomic E-state index is 12.3. The van der Waals surface area contributed by atoms with Crippen molar-refractivity contribution in [2.45, 2.75) is 39.7 Å². The molecule has 0 fully saturated rings. The molecule has 1 unspecified atom stereocenters. The van der Waals surface area contributed by atoms with Gasteiger partial charge in [-0.25, -0.2) is 0 Å². The summed E-state index contributed by atoms with van der Waals surface area (Å²) in [7, 11) is 0. The van der Waals surface area contributed by atoms with E-state index in [1.54, 1.807) is 4.90 Å². The van der Waals surface area contributed by atoms with Crippen LogP contribution < -0.4 is 5.32 Å². The molecule has 6 heteroatoms. The number of hydrogen-bond donors (Lipinski definition) is 2. The van der Waals surface area contributed by atoms with Crippen molar-refractivity contribution in [1.29, 1.82) is 0 Å². The van der Waals surface area contributed by atoms with Crippen molar-refractivity contribution in [2.75, 3.05) is 19.6 Å². The van der Waals surface area contributed by atoms with Gasteiger partial charge in [-0.3, -0.25) is 14.5 Å². The highest BCUT2D eigenvalue weighted by atomic mass is 35.5. The Labute approximate surface area is 150 Å². The zero-order valence-corrected chi connectivity index (χ0v) is 15.5. The number of carboxylic acid groups (broad SMARTS) is 1. The van der Waals surface area contributed by atoms with E-state index in [0.717, 1.165) is 18.4 Å². The number of hydrogen-bond acceptors (Lipinski definition) is 3. The quantitative estimate of drug-likeness (QED) is 0.675. The summed E-state index contributed by atoms with van der Waals surface area (Å²) in [6, 6.07) is 9.85. The second-order valence-electron chi connectivity index (χ2n) is 6.26. The SMILES string of the molecule is CCCN(CC(=O)O)CC(=O)NC(CC(C)C)c1ccccc1.Cl. The van der Waals surface area contributed by atoms with E-state index in [0.29, 0.717) is 12.5 Å². The van der Waals surface area contributed by atoms with Crippen molar-refractivity contribution in [3.05, 3.63) is 35.9 Å². The molecule has 1 atom stereocenters. The van der Waals surface area contributed by atoms with E-state index < -0.39 is 5.97 Å². The van der Waals surface area contributed by atoms with Crippen LogP contribution in [0.25, 0.3) is 0 Å². The van der Waals surface area contributed by atoms with Crippen LogP contribution in [0.1, 0.15) is 45.2 Å². The Bertz CT molecular complexity index is 494. The molecule has 0 aromatic heterocycles. The van der Waals surface area contributed by atoms with Crippen molar-refractivity contribution in [1.82, 2.24) is 10.2 Å². The van der Waals surface area contributed by atoms with Gasteiger partial charge in [-0.15, -0.1) is 12.4 Å². The summed E-state index contributed by atoms with van der Waals surface area (Å²) in [6.07, 6.45) is 1.66. The lowest BCUT2D eigenvalue weighted by Gasteiger charge is -2.24. The Morgan fingerprint density at radius 2 is 1.79 bits per heavy atom. The molecule has 0 aliphatic carbocycles. The maximum atomic E-state index is 12.3. The highest BCUT2D eigenvalue weighted by Crippen LogP contribution is 2.20. The molecule has 0 spiro atoms. The Kier molecular flexibility index (Phi) is 11.1. The summed E-state index contributed by atoms with van der Waals surface area (Å²) in [5, 5.41) is 12.0. The van der Waals surface area contributed by atoms with Gasteiger partial charge in [-0.2, -0.15) is 0 Å². The smallest absolute Gasteiger partial charge is 0.317 e. The summed E-state index contributed by atoms with van der Waals surface area (Å²) in [5.74, 6) is -0.589. The summed E-state index contributed by atoms with van der Waals surface area (Å²) in [6.45, 7) is 6.81. The fourth-order valence-corrected chi connectivity index (χ4v) is 2.60. The Balaban J connectivity index is 0.00000529. The molecule has 1 aromatic rings. The van der Waals surface area contributed by atoms with Gasteiger partial charge in [0.1, 0.15) is 0 Å². The van der Waals surface area contributed by atoms with Crippen LogP contribution in [0.2, 0.25) is 0 Å². The minimum absolute atomic E-state index is 0. The molecule has 0 saturated carbocycles. The number of carbonyl (C=O) groups is 2. The van der Waals surface area contributed by atoms with Crippen LogP contribution in [-0.2, 0) is 9.59 Å². The van der Waals surface area contributed by atoms with Gasteiger partial charge in [-0.05, 0) is 30.9 Å². The summed E-state index contributed by atoms with van der Waals surface area (Å²) in [5.41, 5.74) is 1.08. The first kappa shape index (κ1) is 22.4. The molecule has 0 aliphatic rings. The van der Waals surface area contributed by atoms with E-state index >= 15 is 0 Å². The Hall–Kier alpha value is -1.59. The lowest BCUT2D eigenvalue weighted by Crippen LogP contribution is -2.41. The number of nitrogens with zero attached hydrogens (tertiary/aromatic N) is 1. The van der Waals surface area contributed by atoms with E-state index in [1.807, 2.05) is 37.3 Å². The van der Waals surface area contributed by atoms with Gasteiger partial charge in [0.05, 0.1) is 19.1 Å². The van der Waals surface area contributed by atoms with Crippen molar-refractivity contribution in [3.8, 4) is 0 Å². The molecule has 0 saturated heterocycles. The predicted octanol–water partition coefficient (Wildman–Crippen LogP) is 3.11. The lowest BCUT2D eigenvalue weighted by molar-refractivity contribution is -0.138. The normalized spacial score (nSPS) is 11.9. The molecule has 24 heavy (non-hydrogen) atoms. The summed E-state index contributed by atoms with van der Waals surface area (Å²) in [4.78, 5) is 24.9. The molecule has 1 rings (SSSR count). The number of carbonyl (C=O) groups excluding carboxylic acids is 1. The van der Waals surface area contributed by atoms with E-state index in [-0.39, 0.29) is 37.4 Å². The van der Waals surface area contributed by atoms with Crippen LogP contribution in [0, 0.1) is 5.92 Å². The molecule has 2 N–H and O–H groups in total. The van der Waals surface area contributed by atoms with Crippen molar-refractivity contribution >= 4 is 24.3 Å². The molecular weight excluding hydrogens is 328 g/mol. The van der Waals surface area contributed by atoms with Crippen LogP contribution in [0.15, 0.2) is 30.3 Å². The van der Waals surface area contributed by atoms with E-state index in [9.17, 15) is 9.59 Å². The van der Waals surface area contributed by atoms with Gasteiger partial charge >= 0.3 is 5.97 Å². The zero-order chi connectivity index (χ0) is 17.2. The van der Waals surface area contributed by atoms with E-state index in [4.69, 9.17) is 5.11 Å². The highest BCUT2D eigenvalue weighted by molar-refractivity contribution is 5.85. The second kappa shape index (κ2) is 11.9. The molecule has 0 radical (unpaired) electrons. The molecule has 0 heterocycles. The number of amides is 1. The predicted molar refractivity (Wildman–Crippen MR) is 98.4 cm³/mol. The minimum Gasteiger partial charge on any atom is -0.480 e. The molecule has 0 aliphatic heterocycles. The fraction of sp³-hybridized carbons (Fsp3) is 0.556. The van der Waals surface area contributed by atoms with Crippen molar-refractivity contribution in [3.63, 3.8) is 0 Å². The molecule has 1 aromatic carbocycles. The Morgan fingerprint density at radius 1 is 1.17 bits per heavy atom. The maximum Gasteiger partial charge on any atom is 0.317 e. The van der Waals surface area contributed by atoms with Crippen LogP contribution >= 0.6 is 12.4 Å². The molecule has 5 nitrogen and oxygen atoms in total. The van der Waals surface area contributed by atoms with E-state index in [2.05, 4.69) is 19.2 Å². The first-order chi connectivity index (χ1) is 10.9. The van der Waals surface area contributed by atoms with Crippen molar-refractivity contribution in [2.24, 2.45) is 5.92 Å². The van der Waals surface area contributed by atoms with Crippen LogP contribution in [0.5, 0.6) is 0 Å². The van der Waals surface area contributed by atoms with Gasteiger partial charge in [0.15, 0.2) is 0 Å². The lowest BCUT2D eigenvalue weighted by atomic mass is 9.97. The monoisotopic (exact) mass is 356 g/mol. The first-order valence-corrected chi connectivity index (χ1v) is 8.20. The fourth-order valence-electron chi connectivity index (χ4n) is 2.60.